The smallest absolute Gasteiger partial charge is 0.354 e. The molecular weight excluding hydrogens is 480 g/mol. The van der Waals surface area contributed by atoms with E-state index in [4.69, 9.17) is 23.2 Å². The van der Waals surface area contributed by atoms with E-state index in [0.717, 1.165) is 6.07 Å². The summed E-state index contributed by atoms with van der Waals surface area (Å²) in [4.78, 5) is 25.9. The molecule has 172 valence electrons. The minimum atomic E-state index is -4.63. The van der Waals surface area contributed by atoms with Crippen LogP contribution in [0.15, 0.2) is 48.8 Å². The molecule has 0 saturated carbocycles. The molecule has 0 radical (unpaired) electrons. The molecule has 3 aromatic rings. The number of carbonyl (C=O) groups excluding carboxylic acids is 1. The molecule has 33 heavy (non-hydrogen) atoms. The third-order valence-corrected chi connectivity index (χ3v) is 5.71. The normalized spacial score (nSPS) is 16.0. The molecule has 1 aliphatic heterocycles. The third-order valence-electron chi connectivity index (χ3n) is 4.97. The average molecular weight is 497 g/mol. The Hall–Kier alpha value is -3.11. The Kier molecular flexibility index (Phi) is 6.57. The molecule has 1 fully saturated rings. The Balaban J connectivity index is 1.47. The van der Waals surface area contributed by atoms with Gasteiger partial charge >= 0.3 is 12.2 Å². The van der Waals surface area contributed by atoms with Gasteiger partial charge in [0.25, 0.3) is 0 Å². The molecule has 0 spiro atoms. The predicted molar refractivity (Wildman–Crippen MR) is 119 cm³/mol. The molecule has 1 atom stereocenters. The lowest BCUT2D eigenvalue weighted by Crippen LogP contribution is -2.39. The van der Waals surface area contributed by atoms with Crippen molar-refractivity contribution in [3.05, 3.63) is 64.5 Å². The van der Waals surface area contributed by atoms with Gasteiger partial charge in [-0.25, -0.2) is 14.8 Å². The van der Waals surface area contributed by atoms with Gasteiger partial charge in [-0.15, -0.1) is 0 Å². The molecule has 12 heteroatoms. The standard InChI is InChI=1S/C21H17Cl2F3N6O/c22-15-2-1-13(9-16(15)23)28-20(33)29-14-5-8-32(11-14)18-10-17(21(24,25)26)30-19(31-18)12-3-6-27-7-4-12/h1-4,6-7,9-10,14H,5,8,11H2,(H2,28,29,33). The van der Waals surface area contributed by atoms with Crippen LogP contribution in [0.2, 0.25) is 10.0 Å². The van der Waals surface area contributed by atoms with Crippen LogP contribution in [0, 0.1) is 0 Å². The van der Waals surface area contributed by atoms with Crippen molar-refractivity contribution in [2.75, 3.05) is 23.3 Å². The Bertz CT molecular complexity index is 1160. The Morgan fingerprint density at radius 3 is 2.52 bits per heavy atom. The molecule has 1 saturated heterocycles. The zero-order valence-electron chi connectivity index (χ0n) is 16.9. The van der Waals surface area contributed by atoms with Gasteiger partial charge in [0.1, 0.15) is 5.82 Å². The number of amides is 2. The first-order valence-electron chi connectivity index (χ1n) is 9.83. The van der Waals surface area contributed by atoms with Crippen LogP contribution in [-0.4, -0.2) is 40.1 Å². The molecule has 1 aliphatic rings. The summed E-state index contributed by atoms with van der Waals surface area (Å²) in [7, 11) is 0. The molecule has 3 heterocycles. The van der Waals surface area contributed by atoms with Crippen molar-refractivity contribution in [2.45, 2.75) is 18.6 Å². The number of halogens is 5. The fourth-order valence-corrected chi connectivity index (χ4v) is 3.68. The number of benzene rings is 1. The van der Waals surface area contributed by atoms with E-state index in [0.29, 0.717) is 40.8 Å². The highest BCUT2D eigenvalue weighted by molar-refractivity contribution is 6.42. The first-order valence-corrected chi connectivity index (χ1v) is 10.6. The second-order valence-corrected chi connectivity index (χ2v) is 8.14. The van der Waals surface area contributed by atoms with Crippen molar-refractivity contribution in [2.24, 2.45) is 0 Å². The minimum absolute atomic E-state index is 0.0454. The van der Waals surface area contributed by atoms with E-state index in [2.05, 4.69) is 25.6 Å². The Morgan fingerprint density at radius 1 is 1.06 bits per heavy atom. The van der Waals surface area contributed by atoms with E-state index >= 15 is 0 Å². The number of rotatable bonds is 4. The molecule has 0 bridgehead atoms. The molecule has 4 rings (SSSR count). The summed E-state index contributed by atoms with van der Waals surface area (Å²) in [6, 6.07) is 7.94. The highest BCUT2D eigenvalue weighted by Gasteiger charge is 2.35. The van der Waals surface area contributed by atoms with Crippen LogP contribution in [0.3, 0.4) is 0 Å². The first-order chi connectivity index (χ1) is 15.7. The molecular formula is C21H17Cl2F3N6O. The summed E-state index contributed by atoms with van der Waals surface area (Å²) in [5, 5.41) is 6.14. The van der Waals surface area contributed by atoms with Gasteiger partial charge in [-0.3, -0.25) is 4.98 Å². The summed E-state index contributed by atoms with van der Waals surface area (Å²) in [5.41, 5.74) is -0.148. The lowest BCUT2D eigenvalue weighted by molar-refractivity contribution is -0.141. The van der Waals surface area contributed by atoms with Crippen LogP contribution >= 0.6 is 23.2 Å². The van der Waals surface area contributed by atoms with Gasteiger partial charge in [0.15, 0.2) is 11.5 Å². The zero-order valence-corrected chi connectivity index (χ0v) is 18.4. The average Bonchev–Trinajstić information content (AvgIpc) is 3.24. The lowest BCUT2D eigenvalue weighted by Gasteiger charge is -2.20. The van der Waals surface area contributed by atoms with Gasteiger partial charge in [-0.2, -0.15) is 13.2 Å². The van der Waals surface area contributed by atoms with Gasteiger partial charge in [0.05, 0.1) is 10.0 Å². The van der Waals surface area contributed by atoms with Crippen LogP contribution in [-0.2, 0) is 6.18 Å². The van der Waals surface area contributed by atoms with Crippen molar-refractivity contribution in [3.8, 4) is 11.4 Å². The number of urea groups is 1. The molecule has 0 aliphatic carbocycles. The van der Waals surface area contributed by atoms with Gasteiger partial charge < -0.3 is 15.5 Å². The number of hydrogen-bond donors (Lipinski definition) is 2. The summed E-state index contributed by atoms with van der Waals surface area (Å²) < 4.78 is 40.4. The summed E-state index contributed by atoms with van der Waals surface area (Å²) in [6.07, 6.45) is -1.18. The van der Waals surface area contributed by atoms with Crippen LogP contribution in [0.4, 0.5) is 29.5 Å². The molecule has 1 aromatic carbocycles. The SMILES string of the molecule is O=C(Nc1ccc(Cl)c(Cl)c1)NC1CCN(c2cc(C(F)(F)F)nc(-c3ccncc3)n2)C1. The summed E-state index contributed by atoms with van der Waals surface area (Å²) in [6.45, 7) is 0.709. The largest absolute Gasteiger partial charge is 0.433 e. The van der Waals surface area contributed by atoms with Crippen LogP contribution in [0.1, 0.15) is 12.1 Å². The first kappa shape index (κ1) is 23.1. The second kappa shape index (κ2) is 9.40. The molecule has 2 N–H and O–H groups in total. The minimum Gasteiger partial charge on any atom is -0.354 e. The van der Waals surface area contributed by atoms with Crippen molar-refractivity contribution in [1.29, 1.82) is 0 Å². The number of anilines is 2. The maximum absolute atomic E-state index is 13.5. The number of hydrogen-bond acceptors (Lipinski definition) is 5. The topological polar surface area (TPSA) is 83.0 Å². The maximum atomic E-state index is 13.5. The molecule has 2 amide bonds. The highest BCUT2D eigenvalue weighted by Crippen LogP contribution is 2.32. The fraction of sp³-hybridized carbons (Fsp3) is 0.238. The van der Waals surface area contributed by atoms with Gasteiger partial charge in [0.2, 0.25) is 0 Å². The van der Waals surface area contributed by atoms with Crippen LogP contribution in [0.5, 0.6) is 0 Å². The number of pyridine rings is 1. The van der Waals surface area contributed by atoms with E-state index in [1.54, 1.807) is 29.2 Å². The van der Waals surface area contributed by atoms with E-state index in [9.17, 15) is 18.0 Å². The quantitative estimate of drug-likeness (QED) is 0.514. The number of nitrogens with zero attached hydrogens (tertiary/aromatic N) is 4. The second-order valence-electron chi connectivity index (χ2n) is 7.33. The van der Waals surface area contributed by atoms with Crippen molar-refractivity contribution >= 4 is 40.7 Å². The Labute approximate surface area is 197 Å². The van der Waals surface area contributed by atoms with E-state index in [1.165, 1.54) is 18.5 Å². The number of aromatic nitrogens is 3. The molecule has 1 unspecified atom stereocenters. The highest BCUT2D eigenvalue weighted by atomic mass is 35.5. The Morgan fingerprint density at radius 2 is 1.82 bits per heavy atom. The van der Waals surface area contributed by atoms with Crippen molar-refractivity contribution < 1.29 is 18.0 Å². The maximum Gasteiger partial charge on any atom is 0.433 e. The molecule has 2 aromatic heterocycles. The van der Waals surface area contributed by atoms with Crippen molar-refractivity contribution in [3.63, 3.8) is 0 Å². The molecule has 7 nitrogen and oxygen atoms in total. The van der Waals surface area contributed by atoms with E-state index in [-0.39, 0.29) is 17.7 Å². The van der Waals surface area contributed by atoms with Crippen LogP contribution in [0.25, 0.3) is 11.4 Å². The van der Waals surface area contributed by atoms with Gasteiger partial charge in [0, 0.05) is 48.8 Å². The van der Waals surface area contributed by atoms with Gasteiger partial charge in [-0.1, -0.05) is 23.2 Å². The van der Waals surface area contributed by atoms with Crippen molar-refractivity contribution in [1.82, 2.24) is 20.3 Å². The van der Waals surface area contributed by atoms with E-state index in [1.807, 2.05) is 0 Å². The summed E-state index contributed by atoms with van der Waals surface area (Å²) in [5.74, 6) is 0.0920. The zero-order chi connectivity index (χ0) is 23.6. The summed E-state index contributed by atoms with van der Waals surface area (Å²) >= 11 is 11.8. The predicted octanol–water partition coefficient (Wildman–Crippen LogP) is 5.26. The van der Waals surface area contributed by atoms with Crippen LogP contribution < -0.4 is 15.5 Å². The number of alkyl halides is 3. The fourth-order valence-electron chi connectivity index (χ4n) is 3.38. The number of nitrogens with one attached hydrogen (secondary N) is 2. The van der Waals surface area contributed by atoms with E-state index < -0.39 is 17.9 Å². The lowest BCUT2D eigenvalue weighted by atomic mass is 10.2. The monoisotopic (exact) mass is 496 g/mol. The van der Waals surface area contributed by atoms with Gasteiger partial charge in [-0.05, 0) is 36.8 Å². The third kappa shape index (κ3) is 5.63. The number of carbonyl (C=O) groups is 1.